The number of hydrogen-bond donors (Lipinski definition) is 0. The molecule has 1 heteroatoms. The number of ketones is 1. The first-order chi connectivity index (χ1) is 8.36. The number of allylic oxidation sites excluding steroid dienone is 4. The summed E-state index contributed by atoms with van der Waals surface area (Å²) in [6.07, 6.45) is 17.4. The van der Waals surface area contributed by atoms with Crippen molar-refractivity contribution in [1.82, 2.24) is 0 Å². The Balaban J connectivity index is 1.85. The van der Waals surface area contributed by atoms with Crippen LogP contribution in [0.1, 0.15) is 44.9 Å². The van der Waals surface area contributed by atoms with Gasteiger partial charge in [0.25, 0.3) is 0 Å². The molecule has 1 nitrogen and oxygen atoms in total. The molecule has 4 atom stereocenters. The van der Waals surface area contributed by atoms with Gasteiger partial charge in [-0.05, 0) is 50.4 Å². The van der Waals surface area contributed by atoms with E-state index in [0.717, 1.165) is 25.7 Å². The monoisotopic (exact) mass is 230 g/mol. The van der Waals surface area contributed by atoms with Crippen molar-refractivity contribution in [2.75, 3.05) is 0 Å². The summed E-state index contributed by atoms with van der Waals surface area (Å²) in [6, 6.07) is 0. The van der Waals surface area contributed by atoms with Gasteiger partial charge in [-0.25, -0.2) is 0 Å². The van der Waals surface area contributed by atoms with E-state index in [1.54, 1.807) is 0 Å². The highest BCUT2D eigenvalue weighted by atomic mass is 16.1. The van der Waals surface area contributed by atoms with E-state index in [1.165, 1.54) is 19.3 Å². The molecule has 92 valence electrons. The zero-order chi connectivity index (χ0) is 11.7. The van der Waals surface area contributed by atoms with Crippen LogP contribution in [0.5, 0.6) is 0 Å². The lowest BCUT2D eigenvalue weighted by atomic mass is 9.67. The molecule has 3 rings (SSSR count). The summed E-state index contributed by atoms with van der Waals surface area (Å²) < 4.78 is 0. The molecule has 0 N–H and O–H groups in total. The second-order valence-corrected chi connectivity index (χ2v) is 5.88. The lowest BCUT2D eigenvalue weighted by Gasteiger charge is -2.36. The Morgan fingerprint density at radius 3 is 1.88 bits per heavy atom. The number of hydrogen-bond acceptors (Lipinski definition) is 1. The van der Waals surface area contributed by atoms with Gasteiger partial charge in [-0.2, -0.15) is 0 Å². The van der Waals surface area contributed by atoms with Crippen LogP contribution in [0.25, 0.3) is 0 Å². The average molecular weight is 230 g/mol. The van der Waals surface area contributed by atoms with Gasteiger partial charge in [-0.3, -0.25) is 4.79 Å². The average Bonchev–Trinajstić information content (AvgIpc) is 2.37. The second kappa shape index (κ2) is 4.80. The summed E-state index contributed by atoms with van der Waals surface area (Å²) in [4.78, 5) is 12.7. The van der Waals surface area contributed by atoms with Crippen LogP contribution < -0.4 is 0 Å². The van der Waals surface area contributed by atoms with Crippen molar-refractivity contribution in [3.05, 3.63) is 24.3 Å². The van der Waals surface area contributed by atoms with E-state index in [1.807, 2.05) is 0 Å². The molecule has 0 spiro atoms. The van der Waals surface area contributed by atoms with Crippen LogP contribution in [-0.4, -0.2) is 5.78 Å². The molecular weight excluding hydrogens is 208 g/mol. The topological polar surface area (TPSA) is 17.1 Å². The SMILES string of the molecule is O=C1[C@H]2CCC=C[C@H]2CCC[C@@H]2C=CCC[C@H]12. The van der Waals surface area contributed by atoms with Gasteiger partial charge < -0.3 is 0 Å². The number of carbonyl (C=O) groups excluding carboxylic acids is 1. The summed E-state index contributed by atoms with van der Waals surface area (Å²) in [5.74, 6) is 2.40. The van der Waals surface area contributed by atoms with Crippen molar-refractivity contribution in [3.8, 4) is 0 Å². The molecule has 1 fully saturated rings. The van der Waals surface area contributed by atoms with Crippen LogP contribution in [0, 0.1) is 23.7 Å². The van der Waals surface area contributed by atoms with Crippen LogP contribution in [-0.2, 0) is 4.79 Å². The second-order valence-electron chi connectivity index (χ2n) is 5.88. The third kappa shape index (κ3) is 2.12. The molecule has 3 aliphatic carbocycles. The Kier molecular flexibility index (Phi) is 3.17. The Hall–Kier alpha value is -0.850. The van der Waals surface area contributed by atoms with Gasteiger partial charge in [-0.15, -0.1) is 0 Å². The summed E-state index contributed by atoms with van der Waals surface area (Å²) in [5, 5.41) is 0. The normalized spacial score (nSPS) is 41.3. The van der Waals surface area contributed by atoms with Gasteiger partial charge in [-0.1, -0.05) is 30.7 Å². The predicted molar refractivity (Wildman–Crippen MR) is 69.6 cm³/mol. The van der Waals surface area contributed by atoms with Gasteiger partial charge in [0.15, 0.2) is 0 Å². The van der Waals surface area contributed by atoms with E-state index >= 15 is 0 Å². The Bertz CT molecular complexity index is 321. The predicted octanol–water partition coefficient (Wildman–Crippen LogP) is 3.90. The maximum absolute atomic E-state index is 12.7. The van der Waals surface area contributed by atoms with Crippen molar-refractivity contribution < 1.29 is 4.79 Å². The van der Waals surface area contributed by atoms with E-state index in [4.69, 9.17) is 0 Å². The molecule has 0 unspecified atom stereocenters. The maximum atomic E-state index is 12.7. The third-order valence-electron chi connectivity index (χ3n) is 4.89. The van der Waals surface area contributed by atoms with Crippen molar-refractivity contribution in [2.24, 2.45) is 23.7 Å². The summed E-state index contributed by atoms with van der Waals surface area (Å²) in [5.41, 5.74) is 0. The Morgan fingerprint density at radius 1 is 0.824 bits per heavy atom. The van der Waals surface area contributed by atoms with Crippen LogP contribution >= 0.6 is 0 Å². The molecular formula is C16H22O. The molecule has 0 aromatic carbocycles. The minimum Gasteiger partial charge on any atom is -0.299 e. The fourth-order valence-electron chi connectivity index (χ4n) is 3.96. The standard InChI is InChI=1S/C16H22O/c17-16-14-10-3-1-6-12(14)8-5-9-13-7-2-4-11-15(13)16/h1-2,6-7,12-15H,3-5,8-11H2/t12-,13-,14-,15-/m0/s1. The van der Waals surface area contributed by atoms with E-state index < -0.39 is 0 Å². The molecule has 0 heterocycles. The smallest absolute Gasteiger partial charge is 0.140 e. The van der Waals surface area contributed by atoms with Gasteiger partial charge in [0.1, 0.15) is 5.78 Å². The highest BCUT2D eigenvalue weighted by Gasteiger charge is 2.38. The first-order valence-corrected chi connectivity index (χ1v) is 7.23. The van der Waals surface area contributed by atoms with Crippen LogP contribution in [0.2, 0.25) is 0 Å². The molecule has 3 aliphatic rings. The number of fused-ring (bicyclic) bond motifs is 2. The zero-order valence-electron chi connectivity index (χ0n) is 10.5. The summed E-state index contributed by atoms with van der Waals surface area (Å²) in [6.45, 7) is 0. The van der Waals surface area contributed by atoms with Crippen LogP contribution in [0.4, 0.5) is 0 Å². The fourth-order valence-corrected chi connectivity index (χ4v) is 3.96. The van der Waals surface area contributed by atoms with Crippen molar-refractivity contribution in [2.45, 2.75) is 44.9 Å². The van der Waals surface area contributed by atoms with E-state index in [2.05, 4.69) is 24.3 Å². The number of carbonyl (C=O) groups is 1. The first kappa shape index (κ1) is 11.3. The Morgan fingerprint density at radius 2 is 1.35 bits per heavy atom. The largest absolute Gasteiger partial charge is 0.299 e. The first-order valence-electron chi connectivity index (χ1n) is 7.23. The van der Waals surface area contributed by atoms with Gasteiger partial charge in [0.05, 0.1) is 0 Å². The van der Waals surface area contributed by atoms with Crippen molar-refractivity contribution >= 4 is 5.78 Å². The number of rotatable bonds is 0. The van der Waals surface area contributed by atoms with E-state index in [-0.39, 0.29) is 0 Å². The molecule has 0 saturated heterocycles. The number of Topliss-reactive ketones (excluding diaryl/α,β-unsaturated/α-hetero) is 1. The highest BCUT2D eigenvalue weighted by Crippen LogP contribution is 2.40. The summed E-state index contributed by atoms with van der Waals surface area (Å²) >= 11 is 0. The lowest BCUT2D eigenvalue weighted by Crippen LogP contribution is -2.36. The zero-order valence-corrected chi connectivity index (χ0v) is 10.5. The van der Waals surface area contributed by atoms with Gasteiger partial charge >= 0.3 is 0 Å². The third-order valence-corrected chi connectivity index (χ3v) is 4.89. The van der Waals surface area contributed by atoms with Gasteiger partial charge in [0.2, 0.25) is 0 Å². The van der Waals surface area contributed by atoms with E-state index in [0.29, 0.717) is 29.5 Å². The Labute approximate surface area is 104 Å². The minimum atomic E-state index is 0.347. The molecule has 1 saturated carbocycles. The van der Waals surface area contributed by atoms with Crippen molar-refractivity contribution in [1.29, 1.82) is 0 Å². The van der Waals surface area contributed by atoms with E-state index in [9.17, 15) is 4.79 Å². The summed E-state index contributed by atoms with van der Waals surface area (Å²) in [7, 11) is 0. The minimum absolute atomic E-state index is 0.347. The highest BCUT2D eigenvalue weighted by molar-refractivity contribution is 5.84. The van der Waals surface area contributed by atoms with Crippen molar-refractivity contribution in [3.63, 3.8) is 0 Å². The molecule has 0 aromatic heterocycles. The fraction of sp³-hybridized carbons (Fsp3) is 0.688. The molecule has 0 bridgehead atoms. The molecule has 0 aromatic rings. The maximum Gasteiger partial charge on any atom is 0.140 e. The van der Waals surface area contributed by atoms with Crippen LogP contribution in [0.15, 0.2) is 24.3 Å². The quantitative estimate of drug-likeness (QED) is 0.577. The van der Waals surface area contributed by atoms with Crippen LogP contribution in [0.3, 0.4) is 0 Å². The lowest BCUT2D eigenvalue weighted by molar-refractivity contribution is -0.130. The molecule has 0 radical (unpaired) electrons. The molecule has 17 heavy (non-hydrogen) atoms. The van der Waals surface area contributed by atoms with Gasteiger partial charge in [0, 0.05) is 11.8 Å². The molecule has 0 aliphatic heterocycles. The molecule has 0 amide bonds.